The number of ether oxygens (including phenoxy) is 1. The molecule has 5 nitrogen and oxygen atoms in total. The topological polar surface area (TPSA) is 58.5 Å². The van der Waals surface area contributed by atoms with E-state index in [4.69, 9.17) is 4.74 Å². The van der Waals surface area contributed by atoms with Gasteiger partial charge in [0.05, 0.1) is 0 Å². The molecule has 2 N–H and O–H groups in total. The molecule has 1 heterocycles. The van der Waals surface area contributed by atoms with E-state index < -0.39 is 0 Å². The van der Waals surface area contributed by atoms with Gasteiger partial charge in [-0.2, -0.15) is 0 Å². The summed E-state index contributed by atoms with van der Waals surface area (Å²) in [5.41, 5.74) is 1.07. The van der Waals surface area contributed by atoms with Gasteiger partial charge >= 0.3 is 0 Å². The van der Waals surface area contributed by atoms with E-state index in [1.54, 1.807) is 13.2 Å². The van der Waals surface area contributed by atoms with Gasteiger partial charge in [0, 0.05) is 31.9 Å². The third kappa shape index (κ3) is 4.92. The maximum atomic E-state index is 6.04. The van der Waals surface area contributed by atoms with Gasteiger partial charge in [0.25, 0.3) is 0 Å². The van der Waals surface area contributed by atoms with Crippen molar-refractivity contribution >= 4 is 5.96 Å². The van der Waals surface area contributed by atoms with Crippen molar-refractivity contribution in [2.24, 2.45) is 4.99 Å². The number of hydrogen-bond acceptors (Lipinski definition) is 3. The zero-order chi connectivity index (χ0) is 14.9. The van der Waals surface area contributed by atoms with Gasteiger partial charge in [-0.15, -0.1) is 0 Å². The first-order valence-electron chi connectivity index (χ1n) is 7.88. The van der Waals surface area contributed by atoms with Crippen molar-refractivity contribution in [3.63, 3.8) is 0 Å². The van der Waals surface area contributed by atoms with Gasteiger partial charge in [-0.1, -0.05) is 13.0 Å². The lowest BCUT2D eigenvalue weighted by Gasteiger charge is -2.16. The maximum absolute atomic E-state index is 6.04. The molecule has 1 fully saturated rings. The van der Waals surface area contributed by atoms with Gasteiger partial charge in [0.1, 0.15) is 6.10 Å². The fourth-order valence-electron chi connectivity index (χ4n) is 2.47. The molecule has 1 aliphatic carbocycles. The van der Waals surface area contributed by atoms with E-state index in [0.717, 1.165) is 43.2 Å². The average molecular weight is 290 g/mol. The van der Waals surface area contributed by atoms with Gasteiger partial charge < -0.3 is 15.4 Å². The molecule has 2 rings (SSSR count). The second kappa shape index (κ2) is 8.49. The Morgan fingerprint density at radius 2 is 2.19 bits per heavy atom. The zero-order valence-electron chi connectivity index (χ0n) is 13.1. The van der Waals surface area contributed by atoms with Crippen molar-refractivity contribution in [3.8, 4) is 5.88 Å². The Balaban J connectivity index is 1.92. The van der Waals surface area contributed by atoms with Crippen LogP contribution in [0.25, 0.3) is 0 Å². The monoisotopic (exact) mass is 290 g/mol. The first-order valence-corrected chi connectivity index (χ1v) is 7.88. The molecule has 1 saturated carbocycles. The summed E-state index contributed by atoms with van der Waals surface area (Å²) in [6.45, 7) is 3.71. The highest BCUT2D eigenvalue weighted by atomic mass is 16.5. The van der Waals surface area contributed by atoms with E-state index in [9.17, 15) is 0 Å². The van der Waals surface area contributed by atoms with Gasteiger partial charge in [0.15, 0.2) is 5.96 Å². The molecule has 1 aromatic heterocycles. The highest BCUT2D eigenvalue weighted by Gasteiger charge is 2.18. The molecule has 0 spiro atoms. The first kappa shape index (κ1) is 15.6. The molecule has 0 amide bonds. The van der Waals surface area contributed by atoms with Crippen LogP contribution in [0.4, 0.5) is 0 Å². The number of aromatic nitrogens is 1. The lowest BCUT2D eigenvalue weighted by Crippen LogP contribution is -2.37. The number of nitrogens with zero attached hydrogens (tertiary/aromatic N) is 2. The summed E-state index contributed by atoms with van der Waals surface area (Å²) in [7, 11) is 1.78. The smallest absolute Gasteiger partial charge is 0.218 e. The molecule has 0 aliphatic heterocycles. The highest BCUT2D eigenvalue weighted by molar-refractivity contribution is 5.79. The number of hydrogen-bond donors (Lipinski definition) is 2. The van der Waals surface area contributed by atoms with Crippen LogP contribution in [0.3, 0.4) is 0 Å². The van der Waals surface area contributed by atoms with Gasteiger partial charge in [-0.3, -0.25) is 4.99 Å². The van der Waals surface area contributed by atoms with Crippen LogP contribution in [0.5, 0.6) is 5.88 Å². The molecule has 0 unspecified atom stereocenters. The predicted octanol–water partition coefficient (Wildman–Crippen LogP) is 2.48. The van der Waals surface area contributed by atoms with Crippen LogP contribution in [0.1, 0.15) is 44.6 Å². The van der Waals surface area contributed by atoms with Crippen molar-refractivity contribution in [1.82, 2.24) is 15.6 Å². The molecule has 21 heavy (non-hydrogen) atoms. The molecular formula is C16H26N4O. The summed E-state index contributed by atoms with van der Waals surface area (Å²) in [4.78, 5) is 8.59. The van der Waals surface area contributed by atoms with Gasteiger partial charge in [-0.05, 0) is 38.2 Å². The Kier molecular flexibility index (Phi) is 6.31. The second-order valence-corrected chi connectivity index (χ2v) is 5.34. The van der Waals surface area contributed by atoms with E-state index in [1.807, 2.05) is 6.07 Å². The Bertz CT molecular complexity index is 455. The summed E-state index contributed by atoms with van der Waals surface area (Å²) in [6, 6.07) is 4.00. The molecule has 0 aromatic carbocycles. The molecule has 0 atom stereocenters. The third-order valence-corrected chi connectivity index (χ3v) is 3.64. The van der Waals surface area contributed by atoms with Crippen LogP contribution in [0.2, 0.25) is 0 Å². The number of rotatable bonds is 6. The number of guanidine groups is 1. The number of nitrogens with one attached hydrogen (secondary N) is 2. The maximum Gasteiger partial charge on any atom is 0.218 e. The van der Waals surface area contributed by atoms with E-state index in [0.29, 0.717) is 12.6 Å². The predicted molar refractivity (Wildman–Crippen MR) is 85.6 cm³/mol. The Labute approximate surface area is 127 Å². The van der Waals surface area contributed by atoms with E-state index in [-0.39, 0.29) is 0 Å². The normalized spacial score (nSPS) is 16.0. The third-order valence-electron chi connectivity index (χ3n) is 3.64. The van der Waals surface area contributed by atoms with Crippen molar-refractivity contribution < 1.29 is 4.74 Å². The van der Waals surface area contributed by atoms with Crippen molar-refractivity contribution in [1.29, 1.82) is 0 Å². The van der Waals surface area contributed by atoms with Gasteiger partial charge in [0.2, 0.25) is 5.88 Å². The minimum atomic E-state index is 0.330. The number of pyridine rings is 1. The summed E-state index contributed by atoms with van der Waals surface area (Å²) < 4.78 is 6.04. The Hall–Kier alpha value is -1.78. The molecule has 5 heteroatoms. The van der Waals surface area contributed by atoms with Crippen LogP contribution >= 0.6 is 0 Å². The van der Waals surface area contributed by atoms with Crippen molar-refractivity contribution in [3.05, 3.63) is 23.9 Å². The van der Waals surface area contributed by atoms with Crippen LogP contribution < -0.4 is 15.4 Å². The van der Waals surface area contributed by atoms with Crippen molar-refractivity contribution in [2.75, 3.05) is 13.6 Å². The molecule has 1 aliphatic rings. The van der Waals surface area contributed by atoms with E-state index >= 15 is 0 Å². The van der Waals surface area contributed by atoms with Crippen LogP contribution in [0.15, 0.2) is 23.3 Å². The summed E-state index contributed by atoms with van der Waals surface area (Å²) >= 11 is 0. The molecule has 1 aromatic rings. The SMILES string of the molecule is CCCNC(=NC)NCc1cccnc1OC1CCCC1. The van der Waals surface area contributed by atoms with E-state index in [1.165, 1.54) is 12.8 Å². The lowest BCUT2D eigenvalue weighted by atomic mass is 10.2. The quantitative estimate of drug-likeness (QED) is 0.624. The van der Waals surface area contributed by atoms with Crippen molar-refractivity contribution in [2.45, 2.75) is 51.7 Å². The Morgan fingerprint density at radius 3 is 2.90 bits per heavy atom. The van der Waals surface area contributed by atoms with Crippen LogP contribution in [0, 0.1) is 0 Å². The Morgan fingerprint density at radius 1 is 1.38 bits per heavy atom. The van der Waals surface area contributed by atoms with Crippen LogP contribution in [-0.4, -0.2) is 30.6 Å². The molecule has 0 radical (unpaired) electrons. The standard InChI is InChI=1S/C16H26N4O/c1-3-10-19-16(17-2)20-12-13-7-6-11-18-15(13)21-14-8-4-5-9-14/h6-7,11,14H,3-5,8-10,12H2,1-2H3,(H2,17,19,20). The first-order chi connectivity index (χ1) is 10.3. The fourth-order valence-corrected chi connectivity index (χ4v) is 2.47. The molecule has 0 bridgehead atoms. The minimum absolute atomic E-state index is 0.330. The summed E-state index contributed by atoms with van der Waals surface area (Å²) in [6.07, 6.45) is 8.00. The lowest BCUT2D eigenvalue weighted by molar-refractivity contribution is 0.199. The summed E-state index contributed by atoms with van der Waals surface area (Å²) in [5.74, 6) is 1.57. The second-order valence-electron chi connectivity index (χ2n) is 5.34. The fraction of sp³-hybridized carbons (Fsp3) is 0.625. The van der Waals surface area contributed by atoms with E-state index in [2.05, 4.69) is 33.6 Å². The largest absolute Gasteiger partial charge is 0.474 e. The average Bonchev–Trinajstić information content (AvgIpc) is 3.02. The zero-order valence-corrected chi connectivity index (χ0v) is 13.1. The molecule has 0 saturated heterocycles. The number of aliphatic imine (C=N–C) groups is 1. The molecule has 116 valence electrons. The van der Waals surface area contributed by atoms with Gasteiger partial charge in [-0.25, -0.2) is 4.98 Å². The highest BCUT2D eigenvalue weighted by Crippen LogP contribution is 2.24. The van der Waals surface area contributed by atoms with Crippen LogP contribution in [-0.2, 0) is 6.54 Å². The minimum Gasteiger partial charge on any atom is -0.474 e. The molecular weight excluding hydrogens is 264 g/mol. The summed E-state index contributed by atoms with van der Waals surface area (Å²) in [5, 5.41) is 6.56.